The van der Waals surface area contributed by atoms with Crippen LogP contribution >= 0.6 is 0 Å². The summed E-state index contributed by atoms with van der Waals surface area (Å²) in [5.41, 5.74) is 1.06. The zero-order valence-electron chi connectivity index (χ0n) is 16.8. The number of nitrogens with zero attached hydrogens (tertiary/aromatic N) is 3. The van der Waals surface area contributed by atoms with Gasteiger partial charge in [-0.3, -0.25) is 9.59 Å². The average Bonchev–Trinajstić information content (AvgIpc) is 3.40. The van der Waals surface area contributed by atoms with Gasteiger partial charge in [0.05, 0.1) is 12.1 Å². The third kappa shape index (κ3) is 4.80. The number of hydrogen-bond donors (Lipinski definition) is 0. The first-order valence-corrected chi connectivity index (χ1v) is 9.80. The Hall–Kier alpha value is -2.63. The van der Waals surface area contributed by atoms with Crippen LogP contribution in [0.2, 0.25) is 0 Å². The van der Waals surface area contributed by atoms with Crippen molar-refractivity contribution < 1.29 is 14.0 Å². The number of rotatable bonds is 8. The Balaban J connectivity index is 1.77. The molecule has 2 amide bonds. The first-order valence-electron chi connectivity index (χ1n) is 9.80. The van der Waals surface area contributed by atoms with Gasteiger partial charge in [0.15, 0.2) is 0 Å². The van der Waals surface area contributed by atoms with Crippen molar-refractivity contribution in [2.75, 3.05) is 13.1 Å². The van der Waals surface area contributed by atoms with Crippen LogP contribution in [0, 0.1) is 11.7 Å². The van der Waals surface area contributed by atoms with E-state index in [-0.39, 0.29) is 30.0 Å². The van der Waals surface area contributed by atoms with Gasteiger partial charge in [-0.1, -0.05) is 26.0 Å². The lowest BCUT2D eigenvalue weighted by Crippen LogP contribution is -2.45. The minimum atomic E-state index is -0.559. The van der Waals surface area contributed by atoms with Crippen LogP contribution in [-0.2, 0) is 18.4 Å². The van der Waals surface area contributed by atoms with E-state index >= 15 is 0 Å². The molecular weight excluding hydrogens is 357 g/mol. The van der Waals surface area contributed by atoms with Crippen molar-refractivity contribution in [2.24, 2.45) is 13.0 Å². The highest BCUT2D eigenvalue weighted by molar-refractivity contribution is 5.96. The van der Waals surface area contributed by atoms with Gasteiger partial charge in [-0.2, -0.15) is 0 Å². The molecule has 0 radical (unpaired) electrons. The van der Waals surface area contributed by atoms with E-state index in [9.17, 15) is 14.0 Å². The minimum Gasteiger partial charge on any atom is -0.353 e. The van der Waals surface area contributed by atoms with E-state index in [2.05, 4.69) is 0 Å². The average molecular weight is 385 g/mol. The molecule has 1 fully saturated rings. The standard InChI is InChI=1S/C22H28FN3O2/c1-16(2)13-25(22(28)19-8-4-5-9-20(19)23)15-21(27)26(17-10-11-17)14-18-7-6-12-24(18)3/h4-9,12,16-17H,10-11,13-15H2,1-3H3. The predicted molar refractivity (Wildman–Crippen MR) is 106 cm³/mol. The number of halogens is 1. The largest absolute Gasteiger partial charge is 0.353 e. The highest BCUT2D eigenvalue weighted by Gasteiger charge is 2.34. The SMILES string of the molecule is CC(C)CN(CC(=O)N(Cc1cccn1C)C1CC1)C(=O)c1ccccc1F. The molecule has 0 N–H and O–H groups in total. The van der Waals surface area contributed by atoms with E-state index < -0.39 is 11.7 Å². The minimum absolute atomic E-state index is 0.0105. The van der Waals surface area contributed by atoms with Crippen LogP contribution in [0.25, 0.3) is 0 Å². The molecule has 3 rings (SSSR count). The lowest BCUT2D eigenvalue weighted by Gasteiger charge is -2.29. The van der Waals surface area contributed by atoms with Crippen LogP contribution in [0.1, 0.15) is 42.7 Å². The van der Waals surface area contributed by atoms with Crippen molar-refractivity contribution in [2.45, 2.75) is 39.3 Å². The Morgan fingerprint density at radius 1 is 1.18 bits per heavy atom. The normalized spacial score (nSPS) is 13.6. The van der Waals surface area contributed by atoms with Gasteiger partial charge in [-0.15, -0.1) is 0 Å². The maximum absolute atomic E-state index is 14.1. The zero-order valence-corrected chi connectivity index (χ0v) is 16.8. The molecule has 1 aromatic heterocycles. The second-order valence-corrected chi connectivity index (χ2v) is 7.92. The van der Waals surface area contributed by atoms with E-state index in [1.807, 2.05) is 48.7 Å². The van der Waals surface area contributed by atoms with Crippen molar-refractivity contribution in [1.82, 2.24) is 14.4 Å². The Morgan fingerprint density at radius 2 is 1.89 bits per heavy atom. The molecule has 1 aromatic carbocycles. The number of amides is 2. The van der Waals surface area contributed by atoms with Crippen molar-refractivity contribution in [3.63, 3.8) is 0 Å². The van der Waals surface area contributed by atoms with Gasteiger partial charge >= 0.3 is 0 Å². The predicted octanol–water partition coefficient (Wildman–Crippen LogP) is 3.45. The second kappa shape index (κ2) is 8.59. The molecule has 1 heterocycles. The van der Waals surface area contributed by atoms with E-state index in [1.54, 1.807) is 12.1 Å². The molecule has 0 unspecified atom stereocenters. The molecule has 1 saturated carbocycles. The summed E-state index contributed by atoms with van der Waals surface area (Å²) in [5.74, 6) is -0.911. The van der Waals surface area contributed by atoms with Crippen LogP contribution in [0.3, 0.4) is 0 Å². The molecule has 0 spiro atoms. The van der Waals surface area contributed by atoms with E-state index in [0.717, 1.165) is 18.5 Å². The molecule has 5 nitrogen and oxygen atoms in total. The maximum Gasteiger partial charge on any atom is 0.257 e. The smallest absolute Gasteiger partial charge is 0.257 e. The summed E-state index contributed by atoms with van der Waals surface area (Å²) in [5, 5.41) is 0. The van der Waals surface area contributed by atoms with Crippen LogP contribution in [0.4, 0.5) is 4.39 Å². The van der Waals surface area contributed by atoms with Crippen LogP contribution in [0.5, 0.6) is 0 Å². The van der Waals surface area contributed by atoms with Crippen molar-refractivity contribution in [3.8, 4) is 0 Å². The molecule has 6 heteroatoms. The Kier molecular flexibility index (Phi) is 6.17. The highest BCUT2D eigenvalue weighted by Crippen LogP contribution is 2.29. The molecule has 1 aliphatic rings. The van der Waals surface area contributed by atoms with Gasteiger partial charge in [0, 0.05) is 31.5 Å². The fourth-order valence-corrected chi connectivity index (χ4v) is 3.36. The molecule has 1 aliphatic carbocycles. The number of benzene rings is 1. The quantitative estimate of drug-likeness (QED) is 0.699. The van der Waals surface area contributed by atoms with Gasteiger partial charge < -0.3 is 14.4 Å². The maximum atomic E-state index is 14.1. The van der Waals surface area contributed by atoms with Crippen LogP contribution < -0.4 is 0 Å². The number of hydrogen-bond acceptors (Lipinski definition) is 2. The van der Waals surface area contributed by atoms with Crippen LogP contribution in [0.15, 0.2) is 42.6 Å². The Labute approximate surface area is 165 Å². The second-order valence-electron chi connectivity index (χ2n) is 7.92. The monoisotopic (exact) mass is 385 g/mol. The van der Waals surface area contributed by atoms with Crippen molar-refractivity contribution in [3.05, 3.63) is 59.7 Å². The van der Waals surface area contributed by atoms with Gasteiger partial charge in [0.1, 0.15) is 12.4 Å². The summed E-state index contributed by atoms with van der Waals surface area (Å²) < 4.78 is 16.1. The summed E-state index contributed by atoms with van der Waals surface area (Å²) in [4.78, 5) is 29.4. The summed E-state index contributed by atoms with van der Waals surface area (Å²) in [7, 11) is 1.96. The number of carbonyl (C=O) groups excluding carboxylic acids is 2. The third-order valence-electron chi connectivity index (χ3n) is 4.99. The van der Waals surface area contributed by atoms with E-state index in [1.165, 1.54) is 17.0 Å². The molecule has 0 aliphatic heterocycles. The number of carbonyl (C=O) groups is 2. The van der Waals surface area contributed by atoms with Gasteiger partial charge in [-0.25, -0.2) is 4.39 Å². The zero-order chi connectivity index (χ0) is 20.3. The summed E-state index contributed by atoms with van der Waals surface area (Å²) in [6.07, 6.45) is 3.93. The molecule has 0 atom stereocenters. The molecule has 0 saturated heterocycles. The van der Waals surface area contributed by atoms with E-state index in [0.29, 0.717) is 13.1 Å². The molecule has 0 bridgehead atoms. The topological polar surface area (TPSA) is 45.6 Å². The Bertz CT molecular complexity index is 842. The van der Waals surface area contributed by atoms with Crippen molar-refractivity contribution >= 4 is 11.8 Å². The van der Waals surface area contributed by atoms with Gasteiger partial charge in [-0.05, 0) is 43.0 Å². The summed E-state index contributed by atoms with van der Waals surface area (Å²) >= 11 is 0. The van der Waals surface area contributed by atoms with Gasteiger partial charge in [0.2, 0.25) is 5.91 Å². The van der Waals surface area contributed by atoms with Crippen molar-refractivity contribution in [1.29, 1.82) is 0 Å². The summed E-state index contributed by atoms with van der Waals surface area (Å²) in [6, 6.07) is 10.1. The number of aryl methyl sites for hydroxylation is 1. The first-order chi connectivity index (χ1) is 13.4. The molecule has 2 aromatic rings. The fourth-order valence-electron chi connectivity index (χ4n) is 3.36. The highest BCUT2D eigenvalue weighted by atomic mass is 19.1. The van der Waals surface area contributed by atoms with E-state index in [4.69, 9.17) is 0 Å². The van der Waals surface area contributed by atoms with Crippen LogP contribution in [-0.4, -0.2) is 45.3 Å². The summed E-state index contributed by atoms with van der Waals surface area (Å²) in [6.45, 7) is 4.85. The molecular formula is C22H28FN3O2. The lowest BCUT2D eigenvalue weighted by atomic mass is 10.1. The fraction of sp³-hybridized carbons (Fsp3) is 0.455. The third-order valence-corrected chi connectivity index (χ3v) is 4.99. The van der Waals surface area contributed by atoms with Gasteiger partial charge in [0.25, 0.3) is 5.91 Å². The molecule has 150 valence electrons. The first kappa shape index (κ1) is 20.1. The number of aromatic nitrogens is 1. The Morgan fingerprint density at radius 3 is 2.46 bits per heavy atom. The molecule has 28 heavy (non-hydrogen) atoms. The lowest BCUT2D eigenvalue weighted by molar-refractivity contribution is -0.133.